The van der Waals surface area contributed by atoms with Crippen molar-refractivity contribution in [3.63, 3.8) is 0 Å². The molecule has 0 fully saturated rings. The van der Waals surface area contributed by atoms with E-state index in [0.717, 1.165) is 34.8 Å². The van der Waals surface area contributed by atoms with Crippen LogP contribution in [-0.2, 0) is 21.5 Å². The number of rotatable bonds is 7. The van der Waals surface area contributed by atoms with Crippen molar-refractivity contribution in [1.82, 2.24) is 4.57 Å². The number of hydrogen-bond acceptors (Lipinski definition) is 5. The standard InChI is InChI=1S/C22H25NO5S/c1-5-22(24)27-21-8-6-7-19(16(21)3)15(2)14-23-12-11-17-13-18(9-10-20(17)23)28-29(4,25)26/h6-13,15H,5,14H2,1-4H3. The van der Waals surface area contributed by atoms with Gasteiger partial charge in [-0.3, -0.25) is 4.79 Å². The maximum atomic E-state index is 11.7. The highest BCUT2D eigenvalue weighted by Gasteiger charge is 2.15. The number of carbonyl (C=O) groups is 1. The molecule has 1 heterocycles. The van der Waals surface area contributed by atoms with Crippen LogP contribution in [0, 0.1) is 6.92 Å². The van der Waals surface area contributed by atoms with Crippen LogP contribution in [-0.4, -0.2) is 25.2 Å². The summed E-state index contributed by atoms with van der Waals surface area (Å²) >= 11 is 0. The minimum absolute atomic E-state index is 0.179. The average molecular weight is 416 g/mol. The van der Waals surface area contributed by atoms with E-state index in [-0.39, 0.29) is 11.9 Å². The van der Waals surface area contributed by atoms with Crippen LogP contribution in [0.25, 0.3) is 10.9 Å². The van der Waals surface area contributed by atoms with Crippen LogP contribution in [0.15, 0.2) is 48.7 Å². The van der Waals surface area contributed by atoms with Gasteiger partial charge < -0.3 is 13.5 Å². The molecule has 0 spiro atoms. The molecule has 0 N–H and O–H groups in total. The fourth-order valence-electron chi connectivity index (χ4n) is 3.43. The zero-order chi connectivity index (χ0) is 21.2. The largest absolute Gasteiger partial charge is 0.426 e. The lowest BCUT2D eigenvalue weighted by atomic mass is 9.95. The minimum atomic E-state index is -3.56. The van der Waals surface area contributed by atoms with E-state index in [0.29, 0.717) is 17.9 Å². The molecule has 29 heavy (non-hydrogen) atoms. The maximum absolute atomic E-state index is 11.7. The number of hydrogen-bond donors (Lipinski definition) is 0. The molecule has 0 aliphatic heterocycles. The summed E-state index contributed by atoms with van der Waals surface area (Å²) in [6.07, 6.45) is 3.33. The van der Waals surface area contributed by atoms with E-state index in [9.17, 15) is 13.2 Å². The predicted molar refractivity (Wildman–Crippen MR) is 113 cm³/mol. The lowest BCUT2D eigenvalue weighted by Crippen LogP contribution is -2.10. The van der Waals surface area contributed by atoms with Gasteiger partial charge in [-0.25, -0.2) is 0 Å². The number of esters is 1. The summed E-state index contributed by atoms with van der Waals surface area (Å²) in [6, 6.07) is 12.9. The highest BCUT2D eigenvalue weighted by atomic mass is 32.2. The van der Waals surface area contributed by atoms with Crippen LogP contribution in [0.2, 0.25) is 0 Å². The Bertz CT molecular complexity index is 1150. The molecule has 0 saturated carbocycles. The van der Waals surface area contributed by atoms with Gasteiger partial charge in [-0.15, -0.1) is 0 Å². The Morgan fingerprint density at radius 2 is 1.93 bits per heavy atom. The second-order valence-electron chi connectivity index (χ2n) is 7.18. The fourth-order valence-corrected chi connectivity index (χ4v) is 3.88. The van der Waals surface area contributed by atoms with Gasteiger partial charge in [-0.1, -0.05) is 26.0 Å². The molecule has 0 amide bonds. The molecule has 3 rings (SSSR count). The van der Waals surface area contributed by atoms with E-state index in [1.165, 1.54) is 0 Å². The van der Waals surface area contributed by atoms with E-state index in [1.807, 2.05) is 43.5 Å². The second kappa shape index (κ2) is 8.29. The van der Waals surface area contributed by atoms with Crippen molar-refractivity contribution in [3.8, 4) is 11.5 Å². The Hall–Kier alpha value is -2.80. The lowest BCUT2D eigenvalue weighted by Gasteiger charge is -2.18. The summed E-state index contributed by atoms with van der Waals surface area (Å²) in [7, 11) is -3.56. The molecule has 0 radical (unpaired) electrons. The smallest absolute Gasteiger partial charge is 0.310 e. The van der Waals surface area contributed by atoms with Crippen LogP contribution in [0.3, 0.4) is 0 Å². The first kappa shape index (κ1) is 20.9. The van der Waals surface area contributed by atoms with Crippen molar-refractivity contribution >= 4 is 27.0 Å². The SMILES string of the molecule is CCC(=O)Oc1cccc(C(C)Cn2ccc3cc(OS(C)(=O)=O)ccc32)c1C. The molecule has 0 aliphatic carbocycles. The Kier molecular flexibility index (Phi) is 5.98. The number of fused-ring (bicyclic) bond motifs is 1. The predicted octanol–water partition coefficient (Wildman–Crippen LogP) is 4.41. The van der Waals surface area contributed by atoms with E-state index in [4.69, 9.17) is 8.92 Å². The molecular weight excluding hydrogens is 390 g/mol. The number of carbonyl (C=O) groups excluding carboxylic acids is 1. The van der Waals surface area contributed by atoms with Crippen LogP contribution >= 0.6 is 0 Å². The fraction of sp³-hybridized carbons (Fsp3) is 0.318. The van der Waals surface area contributed by atoms with Gasteiger partial charge >= 0.3 is 16.1 Å². The molecule has 1 aromatic heterocycles. The summed E-state index contributed by atoms with van der Waals surface area (Å²) < 4.78 is 35.2. The highest BCUT2D eigenvalue weighted by molar-refractivity contribution is 7.86. The van der Waals surface area contributed by atoms with Crippen LogP contribution in [0.4, 0.5) is 0 Å². The normalized spacial score (nSPS) is 12.7. The summed E-state index contributed by atoms with van der Waals surface area (Å²) in [6.45, 7) is 6.59. The quantitative estimate of drug-likeness (QED) is 0.325. The molecule has 1 unspecified atom stereocenters. The van der Waals surface area contributed by atoms with Gasteiger partial charge in [0.15, 0.2) is 0 Å². The van der Waals surface area contributed by atoms with Crippen LogP contribution < -0.4 is 8.92 Å². The summed E-state index contributed by atoms with van der Waals surface area (Å²) in [5.74, 6) is 0.826. The molecule has 6 nitrogen and oxygen atoms in total. The maximum Gasteiger partial charge on any atom is 0.310 e. The van der Waals surface area contributed by atoms with Gasteiger partial charge in [0.25, 0.3) is 0 Å². The molecule has 0 saturated heterocycles. The first-order chi connectivity index (χ1) is 13.7. The van der Waals surface area contributed by atoms with Gasteiger partial charge in [0.05, 0.1) is 6.26 Å². The van der Waals surface area contributed by atoms with Gasteiger partial charge in [-0.2, -0.15) is 8.42 Å². The van der Waals surface area contributed by atoms with E-state index >= 15 is 0 Å². The van der Waals surface area contributed by atoms with Gasteiger partial charge in [0.2, 0.25) is 0 Å². The van der Waals surface area contributed by atoms with Gasteiger partial charge in [0.1, 0.15) is 11.5 Å². The average Bonchev–Trinajstić information content (AvgIpc) is 3.03. The second-order valence-corrected chi connectivity index (χ2v) is 8.75. The number of nitrogens with zero attached hydrogens (tertiary/aromatic N) is 1. The van der Waals surface area contributed by atoms with Crippen molar-refractivity contribution in [1.29, 1.82) is 0 Å². The zero-order valence-electron chi connectivity index (χ0n) is 17.0. The van der Waals surface area contributed by atoms with Crippen molar-refractivity contribution in [2.75, 3.05) is 6.26 Å². The van der Waals surface area contributed by atoms with Crippen molar-refractivity contribution in [2.45, 2.75) is 39.7 Å². The van der Waals surface area contributed by atoms with Gasteiger partial charge in [-0.05, 0) is 54.3 Å². The number of ether oxygens (including phenoxy) is 1. The Balaban J connectivity index is 1.84. The third kappa shape index (κ3) is 4.98. The Labute approximate surface area is 171 Å². The van der Waals surface area contributed by atoms with E-state index in [1.54, 1.807) is 19.1 Å². The topological polar surface area (TPSA) is 74.6 Å². The molecule has 7 heteroatoms. The first-order valence-electron chi connectivity index (χ1n) is 9.46. The molecule has 3 aromatic rings. The zero-order valence-corrected chi connectivity index (χ0v) is 17.8. The van der Waals surface area contributed by atoms with Crippen LogP contribution in [0.1, 0.15) is 37.3 Å². The minimum Gasteiger partial charge on any atom is -0.426 e. The molecule has 1 atom stereocenters. The lowest BCUT2D eigenvalue weighted by molar-refractivity contribution is -0.134. The van der Waals surface area contributed by atoms with E-state index < -0.39 is 10.1 Å². The first-order valence-corrected chi connectivity index (χ1v) is 11.3. The van der Waals surface area contributed by atoms with E-state index in [2.05, 4.69) is 11.5 Å². The van der Waals surface area contributed by atoms with Crippen molar-refractivity contribution in [2.24, 2.45) is 0 Å². The van der Waals surface area contributed by atoms with Crippen LogP contribution in [0.5, 0.6) is 11.5 Å². The monoisotopic (exact) mass is 415 g/mol. The highest BCUT2D eigenvalue weighted by Crippen LogP contribution is 2.30. The van der Waals surface area contributed by atoms with Crippen molar-refractivity contribution in [3.05, 3.63) is 59.8 Å². The number of aromatic nitrogens is 1. The van der Waals surface area contributed by atoms with Gasteiger partial charge in [0, 0.05) is 30.1 Å². The Morgan fingerprint density at radius 3 is 2.62 bits per heavy atom. The summed E-state index contributed by atoms with van der Waals surface area (Å²) in [5.41, 5.74) is 3.07. The third-order valence-corrected chi connectivity index (χ3v) is 5.33. The molecule has 154 valence electrons. The molecule has 0 bridgehead atoms. The van der Waals surface area contributed by atoms with Crippen molar-refractivity contribution < 1.29 is 22.1 Å². The summed E-state index contributed by atoms with van der Waals surface area (Å²) in [5, 5.41) is 0.903. The number of benzene rings is 2. The molecule has 0 aliphatic rings. The summed E-state index contributed by atoms with van der Waals surface area (Å²) in [4.78, 5) is 11.7. The Morgan fingerprint density at radius 1 is 1.17 bits per heavy atom. The molecule has 2 aromatic carbocycles. The third-order valence-electron chi connectivity index (χ3n) is 4.83. The molecular formula is C22H25NO5S.